The van der Waals surface area contributed by atoms with E-state index in [1.54, 1.807) is 10.9 Å². The number of aryl methyl sites for hydroxylation is 1. The first kappa shape index (κ1) is 11.4. The van der Waals surface area contributed by atoms with Crippen molar-refractivity contribution < 1.29 is 0 Å². The summed E-state index contributed by atoms with van der Waals surface area (Å²) in [5.74, 6) is 0. The molecule has 0 saturated heterocycles. The molecule has 2 aromatic rings. The number of benzene rings is 1. The molecule has 0 aliphatic carbocycles. The molecule has 0 unspecified atom stereocenters. The van der Waals surface area contributed by atoms with Crippen molar-refractivity contribution in [2.24, 2.45) is 5.73 Å². The third-order valence-corrected chi connectivity index (χ3v) is 2.70. The van der Waals surface area contributed by atoms with Gasteiger partial charge in [-0.15, -0.1) is 0 Å². The van der Waals surface area contributed by atoms with Gasteiger partial charge in [0.25, 0.3) is 0 Å². The zero-order valence-electron chi connectivity index (χ0n) is 9.72. The fourth-order valence-corrected chi connectivity index (χ4v) is 1.84. The first-order chi connectivity index (χ1) is 8.24. The minimum absolute atomic E-state index is 0.278. The Morgan fingerprint density at radius 2 is 2.29 bits per heavy atom. The number of rotatable bonds is 3. The van der Waals surface area contributed by atoms with Crippen LogP contribution in [-0.2, 0) is 13.1 Å². The van der Waals surface area contributed by atoms with Crippen LogP contribution in [0.15, 0.2) is 30.6 Å². The Bertz CT molecular complexity index is 563. The topological polar surface area (TPSA) is 67.6 Å². The number of hydrogen-bond acceptors (Lipinski definition) is 3. The number of aromatic nitrogens is 2. The van der Waals surface area contributed by atoms with Crippen LogP contribution in [-0.4, -0.2) is 9.78 Å². The van der Waals surface area contributed by atoms with E-state index < -0.39 is 0 Å². The van der Waals surface area contributed by atoms with E-state index in [0.717, 1.165) is 16.7 Å². The molecule has 2 N–H and O–H groups in total. The summed E-state index contributed by atoms with van der Waals surface area (Å²) in [6, 6.07) is 8.21. The summed E-state index contributed by atoms with van der Waals surface area (Å²) in [5, 5.41) is 12.7. The average molecular weight is 226 g/mol. The van der Waals surface area contributed by atoms with Crippen LogP contribution in [0, 0.1) is 18.3 Å². The molecule has 0 saturated carbocycles. The van der Waals surface area contributed by atoms with Crippen molar-refractivity contribution in [1.82, 2.24) is 9.78 Å². The van der Waals surface area contributed by atoms with Gasteiger partial charge in [-0.1, -0.05) is 18.2 Å². The van der Waals surface area contributed by atoms with Crippen molar-refractivity contribution in [3.05, 3.63) is 41.7 Å². The van der Waals surface area contributed by atoms with Crippen molar-refractivity contribution >= 4 is 0 Å². The normalized spacial score (nSPS) is 10.2. The Hall–Kier alpha value is -2.12. The molecule has 86 valence electrons. The van der Waals surface area contributed by atoms with Crippen LogP contribution in [0.2, 0.25) is 0 Å². The van der Waals surface area contributed by atoms with Crippen molar-refractivity contribution in [3.63, 3.8) is 0 Å². The highest BCUT2D eigenvalue weighted by Gasteiger charge is 2.05. The number of nitrogens with two attached hydrogens (primary N) is 1. The molecule has 1 aromatic heterocycles. The van der Waals surface area contributed by atoms with Gasteiger partial charge in [0.15, 0.2) is 0 Å². The number of hydrogen-bond donors (Lipinski definition) is 1. The van der Waals surface area contributed by atoms with Crippen LogP contribution in [0.3, 0.4) is 0 Å². The minimum Gasteiger partial charge on any atom is -0.326 e. The summed E-state index contributed by atoms with van der Waals surface area (Å²) < 4.78 is 1.63. The Labute approximate surface area is 100 Å². The summed E-state index contributed by atoms with van der Waals surface area (Å²) >= 11 is 0. The lowest BCUT2D eigenvalue weighted by Gasteiger charge is -2.05. The third-order valence-electron chi connectivity index (χ3n) is 2.70. The van der Waals surface area contributed by atoms with E-state index >= 15 is 0 Å². The maximum Gasteiger partial charge on any atom is 0.128 e. The number of nitrogens with zero attached hydrogens (tertiary/aromatic N) is 3. The maximum absolute atomic E-state index is 8.60. The molecular weight excluding hydrogens is 212 g/mol. The third kappa shape index (κ3) is 2.35. The Balaban J connectivity index is 2.36. The van der Waals surface area contributed by atoms with Crippen LogP contribution < -0.4 is 5.73 Å². The van der Waals surface area contributed by atoms with Gasteiger partial charge in [0.1, 0.15) is 6.54 Å². The lowest BCUT2D eigenvalue weighted by atomic mass is 10.0. The minimum atomic E-state index is 0.278. The highest BCUT2D eigenvalue weighted by Crippen LogP contribution is 2.23. The summed E-state index contributed by atoms with van der Waals surface area (Å²) in [5.41, 5.74) is 10.1. The van der Waals surface area contributed by atoms with E-state index in [0.29, 0.717) is 6.54 Å². The molecule has 17 heavy (non-hydrogen) atoms. The lowest BCUT2D eigenvalue weighted by Crippen LogP contribution is -1.97. The second-order valence-electron chi connectivity index (χ2n) is 3.94. The molecule has 0 bridgehead atoms. The fraction of sp³-hybridized carbons (Fsp3) is 0.231. The van der Waals surface area contributed by atoms with Crippen LogP contribution >= 0.6 is 0 Å². The molecule has 0 radical (unpaired) electrons. The second kappa shape index (κ2) is 4.81. The Morgan fingerprint density at radius 1 is 1.47 bits per heavy atom. The predicted molar refractivity (Wildman–Crippen MR) is 65.9 cm³/mol. The van der Waals surface area contributed by atoms with Crippen molar-refractivity contribution in [1.29, 1.82) is 5.26 Å². The SMILES string of the molecule is Cc1cc(CN)ccc1-c1cnn(CC#N)c1. The van der Waals surface area contributed by atoms with E-state index in [9.17, 15) is 0 Å². The van der Waals surface area contributed by atoms with E-state index in [2.05, 4.69) is 24.2 Å². The second-order valence-corrected chi connectivity index (χ2v) is 3.94. The molecule has 0 aliphatic heterocycles. The highest BCUT2D eigenvalue weighted by atomic mass is 15.3. The summed E-state index contributed by atoms with van der Waals surface area (Å²) in [7, 11) is 0. The molecule has 0 aliphatic rings. The molecule has 2 rings (SSSR count). The van der Waals surface area contributed by atoms with E-state index in [-0.39, 0.29) is 6.54 Å². The monoisotopic (exact) mass is 226 g/mol. The van der Waals surface area contributed by atoms with Gasteiger partial charge in [-0.3, -0.25) is 4.68 Å². The number of nitriles is 1. The fourth-order valence-electron chi connectivity index (χ4n) is 1.84. The van der Waals surface area contributed by atoms with Crippen molar-refractivity contribution in [2.45, 2.75) is 20.0 Å². The van der Waals surface area contributed by atoms with E-state index in [1.807, 2.05) is 18.3 Å². The molecule has 0 amide bonds. The van der Waals surface area contributed by atoms with Crippen LogP contribution in [0.1, 0.15) is 11.1 Å². The summed E-state index contributed by atoms with van der Waals surface area (Å²) in [6.45, 7) is 2.88. The smallest absolute Gasteiger partial charge is 0.128 e. The Kier molecular flexibility index (Phi) is 3.22. The van der Waals surface area contributed by atoms with E-state index in [4.69, 9.17) is 11.0 Å². The van der Waals surface area contributed by atoms with Crippen LogP contribution in [0.25, 0.3) is 11.1 Å². The van der Waals surface area contributed by atoms with Gasteiger partial charge >= 0.3 is 0 Å². The lowest BCUT2D eigenvalue weighted by molar-refractivity contribution is 0.710. The molecule has 1 aromatic carbocycles. The molecular formula is C13H14N4. The Morgan fingerprint density at radius 3 is 2.94 bits per heavy atom. The van der Waals surface area contributed by atoms with Gasteiger partial charge in [0.05, 0.1) is 12.3 Å². The van der Waals surface area contributed by atoms with Crippen LogP contribution in [0.4, 0.5) is 0 Å². The van der Waals surface area contributed by atoms with Gasteiger partial charge in [0.2, 0.25) is 0 Å². The van der Waals surface area contributed by atoms with Gasteiger partial charge < -0.3 is 5.73 Å². The van der Waals surface area contributed by atoms with Crippen LogP contribution in [0.5, 0.6) is 0 Å². The molecule has 4 heteroatoms. The van der Waals surface area contributed by atoms with Gasteiger partial charge in [-0.05, 0) is 23.6 Å². The zero-order valence-corrected chi connectivity index (χ0v) is 9.72. The van der Waals surface area contributed by atoms with E-state index in [1.165, 1.54) is 5.56 Å². The zero-order chi connectivity index (χ0) is 12.3. The summed E-state index contributed by atoms with van der Waals surface area (Å²) in [4.78, 5) is 0. The van der Waals surface area contributed by atoms with Gasteiger partial charge in [-0.2, -0.15) is 10.4 Å². The quantitative estimate of drug-likeness (QED) is 0.868. The van der Waals surface area contributed by atoms with Gasteiger partial charge in [-0.25, -0.2) is 0 Å². The molecule has 0 atom stereocenters. The predicted octanol–water partition coefficient (Wildman–Crippen LogP) is 1.84. The average Bonchev–Trinajstić information content (AvgIpc) is 2.78. The maximum atomic E-state index is 8.60. The molecule has 1 heterocycles. The largest absolute Gasteiger partial charge is 0.326 e. The van der Waals surface area contributed by atoms with Crippen molar-refractivity contribution in [2.75, 3.05) is 0 Å². The molecule has 0 spiro atoms. The van der Waals surface area contributed by atoms with Crippen molar-refractivity contribution in [3.8, 4) is 17.2 Å². The summed E-state index contributed by atoms with van der Waals surface area (Å²) in [6.07, 6.45) is 3.66. The highest BCUT2D eigenvalue weighted by molar-refractivity contribution is 5.66. The van der Waals surface area contributed by atoms with Gasteiger partial charge in [0, 0.05) is 18.3 Å². The first-order valence-electron chi connectivity index (χ1n) is 5.44. The standard InChI is InChI=1S/C13H14N4/c1-10-6-11(7-15)2-3-13(10)12-8-16-17(9-12)5-4-14/h2-3,6,8-9H,5,7,15H2,1H3. The molecule has 4 nitrogen and oxygen atoms in total. The molecule has 0 fully saturated rings. The first-order valence-corrected chi connectivity index (χ1v) is 5.44.